The number of carbonyl (C=O) groups excluding carboxylic acids is 2. The van der Waals surface area contributed by atoms with Gasteiger partial charge in [-0.2, -0.15) is 5.21 Å². The number of amides is 2. The predicted molar refractivity (Wildman–Crippen MR) is 94.2 cm³/mol. The number of aromatic amines is 1. The van der Waals surface area contributed by atoms with Gasteiger partial charge in [-0.05, 0) is 31.5 Å². The van der Waals surface area contributed by atoms with Crippen molar-refractivity contribution >= 4 is 23.6 Å². The second-order valence-corrected chi connectivity index (χ2v) is 8.78. The molecule has 0 saturated carbocycles. The molecule has 3 heterocycles. The number of nitrogens with zero attached hydrogens (tertiary/aromatic N) is 4. The molecule has 1 aromatic carbocycles. The molecule has 2 saturated heterocycles. The molecule has 4 N–H and O–H groups in total. The van der Waals surface area contributed by atoms with E-state index in [0.29, 0.717) is 11.4 Å². The number of fused-ring (bicyclic) bond motifs is 1. The SMILES string of the molecule is CC1(C)S[C@@H]2C(NC(=O)C(O)c3ccc(O)cc3)C(=O)N2C1c1nn[nH]n1. The fraction of sp³-hybridized carbons (Fsp3) is 0.438. The van der Waals surface area contributed by atoms with E-state index in [2.05, 4.69) is 25.9 Å². The molecule has 0 aliphatic carbocycles. The lowest BCUT2D eigenvalue weighted by atomic mass is 9.95. The van der Waals surface area contributed by atoms with Crippen molar-refractivity contribution in [3.8, 4) is 5.75 Å². The van der Waals surface area contributed by atoms with Gasteiger partial charge in [-0.3, -0.25) is 9.59 Å². The number of thioether (sulfide) groups is 1. The van der Waals surface area contributed by atoms with Crippen LogP contribution in [0.4, 0.5) is 0 Å². The second kappa shape index (κ2) is 6.20. The van der Waals surface area contributed by atoms with Gasteiger partial charge in [0.2, 0.25) is 5.91 Å². The van der Waals surface area contributed by atoms with Crippen molar-refractivity contribution in [1.29, 1.82) is 0 Å². The van der Waals surface area contributed by atoms with Crippen molar-refractivity contribution in [3.05, 3.63) is 35.7 Å². The first-order chi connectivity index (χ1) is 12.8. The van der Waals surface area contributed by atoms with E-state index >= 15 is 0 Å². The number of aromatic nitrogens is 4. The fourth-order valence-corrected chi connectivity index (χ4v) is 5.12. The minimum Gasteiger partial charge on any atom is -0.508 e. The third-order valence-electron chi connectivity index (χ3n) is 4.80. The Hall–Kier alpha value is -2.66. The molecule has 11 heteroatoms. The summed E-state index contributed by atoms with van der Waals surface area (Å²) in [6.45, 7) is 3.96. The van der Waals surface area contributed by atoms with Gasteiger partial charge in [-0.25, -0.2) is 0 Å². The van der Waals surface area contributed by atoms with E-state index in [1.54, 1.807) is 16.7 Å². The summed E-state index contributed by atoms with van der Waals surface area (Å²) < 4.78 is -0.362. The maximum absolute atomic E-state index is 12.7. The number of tetrazole rings is 1. The number of phenolic OH excluding ortho intramolecular Hbond substituents is 1. The fourth-order valence-electron chi connectivity index (χ4n) is 3.49. The highest BCUT2D eigenvalue weighted by Gasteiger charge is 2.63. The van der Waals surface area contributed by atoms with Crippen molar-refractivity contribution in [3.63, 3.8) is 0 Å². The third kappa shape index (κ3) is 2.82. The van der Waals surface area contributed by atoms with Crippen molar-refractivity contribution in [2.75, 3.05) is 0 Å². The summed E-state index contributed by atoms with van der Waals surface area (Å²) >= 11 is 1.54. The van der Waals surface area contributed by atoms with E-state index in [-0.39, 0.29) is 27.8 Å². The zero-order valence-electron chi connectivity index (χ0n) is 14.5. The molecule has 2 aromatic rings. The number of nitrogens with one attached hydrogen (secondary N) is 2. The smallest absolute Gasteiger partial charge is 0.254 e. The van der Waals surface area contributed by atoms with Crippen LogP contribution in [0.2, 0.25) is 0 Å². The van der Waals surface area contributed by atoms with Crippen LogP contribution in [0, 0.1) is 0 Å². The van der Waals surface area contributed by atoms with E-state index in [1.165, 1.54) is 24.3 Å². The number of hydrogen-bond donors (Lipinski definition) is 4. The average Bonchev–Trinajstić information content (AvgIpc) is 3.23. The topological polar surface area (TPSA) is 144 Å². The van der Waals surface area contributed by atoms with Gasteiger partial charge < -0.3 is 20.4 Å². The molecule has 0 radical (unpaired) electrons. The summed E-state index contributed by atoms with van der Waals surface area (Å²) in [6, 6.07) is 4.58. The number of hydrogen-bond acceptors (Lipinski definition) is 8. The zero-order chi connectivity index (χ0) is 19.3. The van der Waals surface area contributed by atoms with E-state index in [9.17, 15) is 19.8 Å². The van der Waals surface area contributed by atoms with Gasteiger partial charge in [-0.15, -0.1) is 22.0 Å². The Bertz CT molecular complexity index is 872. The first-order valence-electron chi connectivity index (χ1n) is 8.30. The van der Waals surface area contributed by atoms with Gasteiger partial charge in [0, 0.05) is 4.75 Å². The molecule has 0 bridgehead atoms. The number of aliphatic hydroxyl groups excluding tert-OH is 1. The predicted octanol–water partition coefficient (Wildman–Crippen LogP) is -0.142. The number of β-lactam (4-membered cyclic amide) rings is 1. The number of aromatic hydroxyl groups is 1. The van der Waals surface area contributed by atoms with Crippen LogP contribution < -0.4 is 5.32 Å². The Kier molecular flexibility index (Phi) is 4.07. The molecule has 2 aliphatic rings. The van der Waals surface area contributed by atoms with E-state index in [1.807, 2.05) is 13.8 Å². The molecule has 4 atom stereocenters. The third-order valence-corrected chi connectivity index (χ3v) is 6.37. The van der Waals surface area contributed by atoms with Gasteiger partial charge in [0.1, 0.15) is 23.2 Å². The number of H-pyrrole nitrogens is 1. The van der Waals surface area contributed by atoms with Gasteiger partial charge in [0.05, 0.1) is 0 Å². The molecule has 4 rings (SSSR count). The lowest BCUT2D eigenvalue weighted by Crippen LogP contribution is -2.68. The lowest BCUT2D eigenvalue weighted by Gasteiger charge is -2.44. The summed E-state index contributed by atoms with van der Waals surface area (Å²) in [4.78, 5) is 26.7. The highest BCUT2D eigenvalue weighted by Crippen LogP contribution is 2.56. The highest BCUT2D eigenvalue weighted by atomic mass is 32.2. The Labute approximate surface area is 158 Å². The van der Waals surface area contributed by atoms with Crippen LogP contribution in [0.25, 0.3) is 0 Å². The van der Waals surface area contributed by atoms with Crippen LogP contribution >= 0.6 is 11.8 Å². The largest absolute Gasteiger partial charge is 0.508 e. The Morgan fingerprint density at radius 3 is 2.70 bits per heavy atom. The zero-order valence-corrected chi connectivity index (χ0v) is 15.3. The maximum atomic E-state index is 12.7. The van der Waals surface area contributed by atoms with E-state index < -0.39 is 18.1 Å². The Morgan fingerprint density at radius 2 is 2.07 bits per heavy atom. The van der Waals surface area contributed by atoms with Gasteiger partial charge in [-0.1, -0.05) is 17.3 Å². The minimum absolute atomic E-state index is 0.0354. The molecule has 2 aliphatic heterocycles. The Balaban J connectivity index is 1.48. The molecular formula is C16H18N6O4S. The molecule has 3 unspecified atom stereocenters. The summed E-state index contributed by atoms with van der Waals surface area (Å²) in [5.74, 6) is -0.454. The maximum Gasteiger partial charge on any atom is 0.254 e. The first-order valence-corrected chi connectivity index (χ1v) is 9.18. The highest BCUT2D eigenvalue weighted by molar-refractivity contribution is 8.01. The normalized spacial score (nSPS) is 27.0. The van der Waals surface area contributed by atoms with Crippen LogP contribution in [0.5, 0.6) is 5.75 Å². The number of carbonyl (C=O) groups is 2. The number of rotatable bonds is 4. The monoisotopic (exact) mass is 390 g/mol. The van der Waals surface area contributed by atoms with Crippen LogP contribution in [-0.4, -0.2) is 63.7 Å². The van der Waals surface area contributed by atoms with E-state index in [4.69, 9.17) is 0 Å². The standard InChI is InChI=1S/C16H18N6O4S/c1-16(2)11(12-18-20-21-19-12)22-14(26)9(15(22)27-16)17-13(25)10(24)7-3-5-8(23)6-4-7/h3-6,9-11,15,23-24H,1-2H3,(H,17,25)(H,18,19,20,21)/t9?,10?,11?,15-/m1/s1. The average molecular weight is 390 g/mol. The number of phenols is 1. The van der Waals surface area contributed by atoms with Crippen molar-refractivity contribution in [2.24, 2.45) is 0 Å². The van der Waals surface area contributed by atoms with Crippen LogP contribution in [-0.2, 0) is 9.59 Å². The van der Waals surface area contributed by atoms with Crippen molar-refractivity contribution in [1.82, 2.24) is 30.8 Å². The summed E-state index contributed by atoms with van der Waals surface area (Å²) in [6.07, 6.45) is -1.43. The lowest BCUT2D eigenvalue weighted by molar-refractivity contribution is -0.153. The molecule has 2 amide bonds. The Morgan fingerprint density at radius 1 is 1.37 bits per heavy atom. The van der Waals surface area contributed by atoms with Gasteiger partial charge in [0.15, 0.2) is 11.9 Å². The quantitative estimate of drug-likeness (QED) is 0.528. The molecule has 1 aromatic heterocycles. The molecular weight excluding hydrogens is 372 g/mol. The molecule has 2 fully saturated rings. The van der Waals surface area contributed by atoms with Crippen molar-refractivity contribution < 1.29 is 19.8 Å². The number of aliphatic hydroxyl groups is 1. The molecule has 0 spiro atoms. The van der Waals surface area contributed by atoms with Gasteiger partial charge in [0.25, 0.3) is 5.91 Å². The summed E-state index contributed by atoms with van der Waals surface area (Å²) in [5, 5.41) is 35.9. The molecule has 142 valence electrons. The van der Waals surface area contributed by atoms with E-state index in [0.717, 1.165) is 0 Å². The minimum atomic E-state index is -1.43. The summed E-state index contributed by atoms with van der Waals surface area (Å²) in [5.41, 5.74) is 0.331. The molecule has 10 nitrogen and oxygen atoms in total. The summed E-state index contributed by atoms with van der Waals surface area (Å²) in [7, 11) is 0. The number of benzene rings is 1. The first kappa shape index (κ1) is 17.7. The van der Waals surface area contributed by atoms with Crippen LogP contribution in [0.15, 0.2) is 24.3 Å². The second-order valence-electron chi connectivity index (χ2n) is 7.01. The van der Waals surface area contributed by atoms with Crippen molar-refractivity contribution in [2.45, 2.75) is 42.2 Å². The molecule has 27 heavy (non-hydrogen) atoms. The van der Waals surface area contributed by atoms with Gasteiger partial charge >= 0.3 is 0 Å². The van der Waals surface area contributed by atoms with Crippen LogP contribution in [0.3, 0.4) is 0 Å². The van der Waals surface area contributed by atoms with Crippen LogP contribution in [0.1, 0.15) is 37.4 Å².